The lowest BCUT2D eigenvalue weighted by molar-refractivity contribution is -0.140. The Balaban J connectivity index is 0.000000356. The molecule has 286 valence electrons. The van der Waals surface area contributed by atoms with E-state index in [0.717, 1.165) is 51.3 Å². The van der Waals surface area contributed by atoms with Crippen molar-refractivity contribution in [2.45, 2.75) is 41.5 Å². The van der Waals surface area contributed by atoms with E-state index >= 15 is 0 Å². The predicted octanol–water partition coefficient (Wildman–Crippen LogP) is 9.65. The van der Waals surface area contributed by atoms with Crippen molar-refractivity contribution in [3.8, 4) is 11.4 Å². The minimum Gasteiger partial charge on any atom is -0.409 e. The normalized spacial score (nSPS) is 11.3. The molecule has 0 saturated carbocycles. The highest BCUT2D eigenvalue weighted by atomic mass is 79.9. The summed E-state index contributed by atoms with van der Waals surface area (Å²) in [6.45, 7) is 14.7. The Kier molecular flexibility index (Phi) is 20.6. The average Bonchev–Trinajstić information content (AvgIpc) is 3.74. The number of oxime groups is 2. The summed E-state index contributed by atoms with van der Waals surface area (Å²) in [5, 5.41) is 25.2. The lowest BCUT2D eigenvalue weighted by atomic mass is 10.1. The molecule has 0 bridgehead atoms. The SMILES string of the molecule is C.Cc1ccc(-c2noc(=O)n2C)cc1Br.Cc1ccc(C(N)=NO)cc1Br.Cc1ccc(C2=NOC(=O)C2)cc1Br.NO.[C-]#[N+]c1ccc(C)c(Br)c1. The molecule has 0 saturated heterocycles. The first-order chi connectivity index (χ1) is 25.1. The molecule has 0 amide bonds. The van der Waals surface area contributed by atoms with E-state index in [1.54, 1.807) is 13.1 Å². The van der Waals surface area contributed by atoms with Gasteiger partial charge in [0.05, 0.1) is 18.7 Å². The van der Waals surface area contributed by atoms with Gasteiger partial charge in [-0.25, -0.2) is 20.3 Å². The second-order valence-electron chi connectivity index (χ2n) is 10.9. The molecule has 17 heteroatoms. The third-order valence-electron chi connectivity index (χ3n) is 7.17. The Hall–Kier alpha value is -4.44. The van der Waals surface area contributed by atoms with Crippen LogP contribution in [0, 0.1) is 34.3 Å². The highest BCUT2D eigenvalue weighted by Crippen LogP contribution is 2.24. The fourth-order valence-electron chi connectivity index (χ4n) is 3.97. The number of benzene rings is 4. The first kappa shape index (κ1) is 47.6. The van der Waals surface area contributed by atoms with Crippen molar-refractivity contribution in [2.75, 3.05) is 0 Å². The van der Waals surface area contributed by atoms with Gasteiger partial charge in [0, 0.05) is 41.6 Å². The molecule has 6 rings (SSSR count). The number of nitrogens with two attached hydrogens (primary N) is 2. The molecule has 0 atom stereocenters. The van der Waals surface area contributed by atoms with Crippen LogP contribution in [0.15, 0.2) is 110 Å². The van der Waals surface area contributed by atoms with E-state index in [-0.39, 0.29) is 25.7 Å². The van der Waals surface area contributed by atoms with E-state index in [4.69, 9.17) is 22.7 Å². The number of carbonyl (C=O) groups is 1. The third kappa shape index (κ3) is 14.1. The van der Waals surface area contributed by atoms with Gasteiger partial charge in [-0.15, -0.1) is 0 Å². The molecular weight excluding hydrogens is 958 g/mol. The highest BCUT2D eigenvalue weighted by Gasteiger charge is 2.19. The topological polar surface area (TPSA) is 196 Å². The van der Waals surface area contributed by atoms with E-state index in [1.807, 2.05) is 94.4 Å². The number of aryl methyl sites for hydroxylation is 4. The van der Waals surface area contributed by atoms with Crippen molar-refractivity contribution in [3.63, 3.8) is 0 Å². The zero-order valence-electron chi connectivity index (χ0n) is 29.1. The van der Waals surface area contributed by atoms with Gasteiger partial charge in [0.2, 0.25) is 0 Å². The molecule has 6 N–H and O–H groups in total. The van der Waals surface area contributed by atoms with Gasteiger partial charge >= 0.3 is 11.7 Å². The average molecular weight is 997 g/mol. The standard InChI is InChI=1S/C10H9BrN2O2.C10H8BrNO2.C8H9BrN2O.C8H6BrN.CH4.H3NO/c1-6-3-4-7(5-8(6)11)9-12-15-10(14)13(9)2;1-6-2-3-7(4-8(6)11)9-5-10(13)14-12-9;1-5-2-3-6(4-7(5)9)8(10)11-12;1-6-3-4-7(10-2)5-8(6)9;;1-2/h3-5H,1-2H3;2-4H,5H2,1H3;2-4,12H,1H3,(H2,10,11);3-5H,1H3;1H4;2H,1H2. The molecule has 4 aromatic carbocycles. The minimum atomic E-state index is -0.457. The van der Waals surface area contributed by atoms with E-state index < -0.39 is 5.76 Å². The number of halogens is 4. The van der Waals surface area contributed by atoms with Crippen molar-refractivity contribution < 1.29 is 24.6 Å². The number of aromatic nitrogens is 2. The van der Waals surface area contributed by atoms with Crippen molar-refractivity contribution in [1.82, 2.24) is 9.72 Å². The maximum Gasteiger partial charge on any atom is 0.441 e. The molecule has 2 heterocycles. The second kappa shape index (κ2) is 23.4. The zero-order valence-corrected chi connectivity index (χ0v) is 35.4. The van der Waals surface area contributed by atoms with Gasteiger partial charge in [-0.05, 0) is 74.2 Å². The number of amidine groups is 1. The van der Waals surface area contributed by atoms with Crippen LogP contribution in [-0.2, 0) is 16.7 Å². The van der Waals surface area contributed by atoms with Crippen LogP contribution in [-0.4, -0.2) is 37.7 Å². The van der Waals surface area contributed by atoms with Crippen LogP contribution in [0.5, 0.6) is 0 Å². The van der Waals surface area contributed by atoms with Crippen LogP contribution < -0.4 is 17.4 Å². The molecule has 0 fully saturated rings. The number of rotatable bonds is 3. The summed E-state index contributed by atoms with van der Waals surface area (Å²) in [6, 6.07) is 22.7. The smallest absolute Gasteiger partial charge is 0.409 e. The van der Waals surface area contributed by atoms with Crippen LogP contribution in [0.4, 0.5) is 5.69 Å². The number of nitrogens with zero attached hydrogens (tertiary/aromatic N) is 5. The molecule has 5 aromatic rings. The van der Waals surface area contributed by atoms with Crippen LogP contribution >= 0.6 is 63.7 Å². The summed E-state index contributed by atoms with van der Waals surface area (Å²) in [6.07, 6.45) is 0.259. The molecule has 0 aliphatic carbocycles. The van der Waals surface area contributed by atoms with Gasteiger partial charge in [0.1, 0.15) is 0 Å². The summed E-state index contributed by atoms with van der Waals surface area (Å²) in [4.78, 5) is 29.7. The number of hydrogen-bond donors (Lipinski definition) is 4. The van der Waals surface area contributed by atoms with E-state index in [2.05, 4.69) is 99.3 Å². The number of carbonyl (C=O) groups excluding carboxylic acids is 1. The summed E-state index contributed by atoms with van der Waals surface area (Å²) in [7, 11) is 1.63. The van der Waals surface area contributed by atoms with Crippen LogP contribution in [0.2, 0.25) is 0 Å². The molecule has 13 nitrogen and oxygen atoms in total. The van der Waals surface area contributed by atoms with Gasteiger partial charge in [-0.3, -0.25) is 9.09 Å². The van der Waals surface area contributed by atoms with E-state index in [1.165, 1.54) is 4.57 Å². The Bertz CT molecular complexity index is 2210. The molecule has 0 radical (unpaired) electrons. The molecule has 1 aliphatic rings. The lowest BCUT2D eigenvalue weighted by Gasteiger charge is -2.01. The van der Waals surface area contributed by atoms with Crippen molar-refractivity contribution in [3.05, 3.63) is 146 Å². The maximum atomic E-state index is 11.1. The highest BCUT2D eigenvalue weighted by molar-refractivity contribution is 9.11. The molecule has 1 aromatic heterocycles. The Labute approximate surface area is 347 Å². The molecular formula is C37H39Br4N7O6. The van der Waals surface area contributed by atoms with Gasteiger partial charge in [0.25, 0.3) is 0 Å². The Morgan fingerprint density at radius 2 is 1.30 bits per heavy atom. The molecule has 1 aliphatic heterocycles. The summed E-state index contributed by atoms with van der Waals surface area (Å²) in [5.41, 5.74) is 13.8. The predicted molar refractivity (Wildman–Crippen MR) is 225 cm³/mol. The van der Waals surface area contributed by atoms with Crippen molar-refractivity contribution >= 4 is 86.9 Å². The summed E-state index contributed by atoms with van der Waals surface area (Å²) < 4.78 is 9.88. The van der Waals surface area contributed by atoms with Gasteiger partial charge < -0.3 is 21.0 Å². The summed E-state index contributed by atoms with van der Waals surface area (Å²) >= 11 is 13.6. The van der Waals surface area contributed by atoms with Crippen molar-refractivity contribution in [2.24, 2.45) is 29.0 Å². The Morgan fingerprint density at radius 1 is 0.815 bits per heavy atom. The van der Waals surface area contributed by atoms with Crippen molar-refractivity contribution in [1.29, 1.82) is 0 Å². The van der Waals surface area contributed by atoms with Crippen LogP contribution in [0.3, 0.4) is 0 Å². The Morgan fingerprint density at radius 3 is 1.72 bits per heavy atom. The van der Waals surface area contributed by atoms with Crippen LogP contribution in [0.1, 0.15) is 47.2 Å². The fourth-order valence-corrected chi connectivity index (χ4v) is 5.47. The van der Waals surface area contributed by atoms with Gasteiger partial charge in [-0.1, -0.05) is 135 Å². The molecule has 0 unspecified atom stereocenters. The zero-order chi connectivity index (χ0) is 39.8. The lowest BCUT2D eigenvalue weighted by Crippen LogP contribution is -2.12. The largest absolute Gasteiger partial charge is 0.441 e. The van der Waals surface area contributed by atoms with Gasteiger partial charge in [-0.2, -0.15) is 0 Å². The summed E-state index contributed by atoms with van der Waals surface area (Å²) in [5.74, 6) is 3.40. The molecule has 54 heavy (non-hydrogen) atoms. The first-order valence-electron chi connectivity index (χ1n) is 15.1. The monoisotopic (exact) mass is 993 g/mol. The maximum absolute atomic E-state index is 11.1. The number of hydrogen-bond acceptors (Lipinski definition) is 10. The second-order valence-corrected chi connectivity index (χ2v) is 14.3. The first-order valence-corrected chi connectivity index (χ1v) is 18.3. The van der Waals surface area contributed by atoms with E-state index in [9.17, 15) is 9.59 Å². The molecule has 0 spiro atoms. The fraction of sp³-hybridized carbons (Fsp3) is 0.189. The minimum absolute atomic E-state index is 0. The third-order valence-corrected chi connectivity index (χ3v) is 10.6. The van der Waals surface area contributed by atoms with Gasteiger partial charge in [0.15, 0.2) is 17.3 Å². The van der Waals surface area contributed by atoms with E-state index in [0.29, 0.717) is 22.8 Å². The quantitative estimate of drug-likeness (QED) is 0.0340. The van der Waals surface area contributed by atoms with Crippen LogP contribution in [0.25, 0.3) is 16.2 Å².